The predicted octanol–water partition coefficient (Wildman–Crippen LogP) is -0.0675. The van der Waals surface area contributed by atoms with E-state index < -0.39 is 29.8 Å². The van der Waals surface area contributed by atoms with Crippen LogP contribution in [0.5, 0.6) is 0 Å². The number of carbonyl (C=O) groups excluding carboxylic acids is 1. The Bertz CT molecular complexity index is 274. The topological polar surface area (TPSA) is 104 Å². The molecule has 6 heteroatoms. The van der Waals surface area contributed by atoms with E-state index in [9.17, 15) is 14.4 Å². The number of hydrogen-bond acceptors (Lipinski definition) is 3. The average molecular weight is 217 g/mol. The van der Waals surface area contributed by atoms with Crippen LogP contribution in [0.2, 0.25) is 0 Å². The molecule has 1 unspecified atom stereocenters. The molecular formula is C9H15NO5. The van der Waals surface area contributed by atoms with Crippen LogP contribution in [0.15, 0.2) is 0 Å². The van der Waals surface area contributed by atoms with Crippen LogP contribution in [0.4, 0.5) is 0 Å². The molecule has 0 aliphatic carbocycles. The van der Waals surface area contributed by atoms with Crippen molar-refractivity contribution in [3.63, 3.8) is 0 Å². The SMILES string of the molecule is CC(C(=O)O)C(=O)N[C@@H](C(=O)O)C(C)C. The number of aliphatic carboxylic acids is 2. The van der Waals surface area contributed by atoms with E-state index in [1.54, 1.807) is 13.8 Å². The van der Waals surface area contributed by atoms with Gasteiger partial charge in [-0.2, -0.15) is 0 Å². The summed E-state index contributed by atoms with van der Waals surface area (Å²) in [5.41, 5.74) is 0. The summed E-state index contributed by atoms with van der Waals surface area (Å²) in [7, 11) is 0. The minimum atomic E-state index is -1.28. The van der Waals surface area contributed by atoms with Crippen molar-refractivity contribution in [1.29, 1.82) is 0 Å². The highest BCUT2D eigenvalue weighted by molar-refractivity contribution is 5.98. The van der Waals surface area contributed by atoms with E-state index in [-0.39, 0.29) is 5.92 Å². The largest absolute Gasteiger partial charge is 0.481 e. The van der Waals surface area contributed by atoms with Gasteiger partial charge in [0.15, 0.2) is 0 Å². The molecule has 3 N–H and O–H groups in total. The first-order valence-corrected chi connectivity index (χ1v) is 4.53. The minimum Gasteiger partial charge on any atom is -0.481 e. The van der Waals surface area contributed by atoms with Crippen molar-refractivity contribution in [1.82, 2.24) is 5.32 Å². The van der Waals surface area contributed by atoms with Crippen LogP contribution in [-0.4, -0.2) is 34.1 Å². The fraction of sp³-hybridized carbons (Fsp3) is 0.667. The summed E-state index contributed by atoms with van der Waals surface area (Å²) in [6.07, 6.45) is 0. The summed E-state index contributed by atoms with van der Waals surface area (Å²) >= 11 is 0. The summed E-state index contributed by atoms with van der Waals surface area (Å²) < 4.78 is 0. The second-order valence-corrected chi connectivity index (χ2v) is 3.63. The maximum Gasteiger partial charge on any atom is 0.326 e. The number of carboxylic acids is 2. The van der Waals surface area contributed by atoms with E-state index in [4.69, 9.17) is 10.2 Å². The van der Waals surface area contributed by atoms with Crippen LogP contribution in [0.3, 0.4) is 0 Å². The first-order valence-electron chi connectivity index (χ1n) is 4.53. The molecule has 0 saturated heterocycles. The fourth-order valence-corrected chi connectivity index (χ4v) is 0.904. The number of carbonyl (C=O) groups is 3. The molecule has 0 bridgehead atoms. The molecule has 0 rings (SSSR count). The zero-order valence-electron chi connectivity index (χ0n) is 8.85. The lowest BCUT2D eigenvalue weighted by Gasteiger charge is -2.19. The van der Waals surface area contributed by atoms with Gasteiger partial charge in [-0.1, -0.05) is 13.8 Å². The Morgan fingerprint density at radius 2 is 1.47 bits per heavy atom. The molecule has 0 aliphatic heterocycles. The molecule has 1 amide bonds. The van der Waals surface area contributed by atoms with Crippen LogP contribution in [0.1, 0.15) is 20.8 Å². The molecule has 0 aromatic heterocycles. The van der Waals surface area contributed by atoms with E-state index in [0.29, 0.717) is 0 Å². The maximum absolute atomic E-state index is 11.2. The van der Waals surface area contributed by atoms with Gasteiger partial charge in [0.05, 0.1) is 0 Å². The molecule has 0 radical (unpaired) electrons. The summed E-state index contributed by atoms with van der Waals surface area (Å²) in [5.74, 6) is -4.78. The summed E-state index contributed by atoms with van der Waals surface area (Å²) in [5, 5.41) is 19.5. The molecule has 2 atom stereocenters. The summed E-state index contributed by atoms with van der Waals surface area (Å²) in [6, 6.07) is -1.06. The molecule has 15 heavy (non-hydrogen) atoms. The molecular weight excluding hydrogens is 202 g/mol. The van der Waals surface area contributed by atoms with E-state index in [1.807, 2.05) is 0 Å². The lowest BCUT2D eigenvalue weighted by Crippen LogP contribution is -2.47. The van der Waals surface area contributed by atoms with Gasteiger partial charge in [0, 0.05) is 0 Å². The standard InChI is InChI=1S/C9H15NO5/c1-4(2)6(9(14)15)10-7(11)5(3)8(12)13/h4-6H,1-3H3,(H,10,11)(H,12,13)(H,14,15)/t5?,6-/m1/s1. The lowest BCUT2D eigenvalue weighted by molar-refractivity contribution is -0.149. The van der Waals surface area contributed by atoms with Crippen LogP contribution < -0.4 is 5.32 Å². The van der Waals surface area contributed by atoms with Crippen molar-refractivity contribution in [2.75, 3.05) is 0 Å². The molecule has 0 heterocycles. The van der Waals surface area contributed by atoms with E-state index in [2.05, 4.69) is 5.32 Å². The van der Waals surface area contributed by atoms with Crippen molar-refractivity contribution >= 4 is 17.8 Å². The second-order valence-electron chi connectivity index (χ2n) is 3.63. The third-order valence-corrected chi connectivity index (χ3v) is 1.99. The van der Waals surface area contributed by atoms with Gasteiger partial charge < -0.3 is 15.5 Å². The highest BCUT2D eigenvalue weighted by atomic mass is 16.4. The molecule has 0 saturated carbocycles. The number of nitrogens with one attached hydrogen (secondary N) is 1. The second kappa shape index (κ2) is 5.33. The summed E-state index contributed by atoms with van der Waals surface area (Å²) in [4.78, 5) is 32.4. The van der Waals surface area contributed by atoms with Crippen LogP contribution in [0, 0.1) is 11.8 Å². The monoisotopic (exact) mass is 217 g/mol. The van der Waals surface area contributed by atoms with E-state index >= 15 is 0 Å². The molecule has 0 aromatic rings. The number of amides is 1. The Morgan fingerprint density at radius 1 is 1.00 bits per heavy atom. The predicted molar refractivity (Wildman–Crippen MR) is 51.2 cm³/mol. The smallest absolute Gasteiger partial charge is 0.326 e. The molecule has 0 aromatic carbocycles. The van der Waals surface area contributed by atoms with Gasteiger partial charge in [-0.3, -0.25) is 9.59 Å². The van der Waals surface area contributed by atoms with Gasteiger partial charge in [-0.15, -0.1) is 0 Å². The molecule has 6 nitrogen and oxygen atoms in total. The number of carboxylic acid groups (broad SMARTS) is 2. The maximum atomic E-state index is 11.2. The Balaban J connectivity index is 4.49. The normalized spacial score (nSPS) is 14.4. The zero-order chi connectivity index (χ0) is 12.2. The Labute approximate surface area is 87.3 Å². The van der Waals surface area contributed by atoms with Crippen LogP contribution in [0.25, 0.3) is 0 Å². The lowest BCUT2D eigenvalue weighted by atomic mass is 10.0. The Hall–Kier alpha value is -1.59. The van der Waals surface area contributed by atoms with Crippen molar-refractivity contribution in [2.24, 2.45) is 11.8 Å². The quantitative estimate of drug-likeness (QED) is 0.559. The first kappa shape index (κ1) is 13.4. The average Bonchev–Trinajstić information content (AvgIpc) is 2.11. The van der Waals surface area contributed by atoms with Gasteiger partial charge in [0.1, 0.15) is 12.0 Å². The van der Waals surface area contributed by atoms with Crippen molar-refractivity contribution < 1.29 is 24.6 Å². The van der Waals surface area contributed by atoms with Gasteiger partial charge in [0.2, 0.25) is 5.91 Å². The molecule has 86 valence electrons. The highest BCUT2D eigenvalue weighted by Gasteiger charge is 2.28. The van der Waals surface area contributed by atoms with Gasteiger partial charge in [-0.25, -0.2) is 4.79 Å². The van der Waals surface area contributed by atoms with E-state index in [0.717, 1.165) is 0 Å². The van der Waals surface area contributed by atoms with Crippen LogP contribution >= 0.6 is 0 Å². The third kappa shape index (κ3) is 3.97. The number of hydrogen-bond donors (Lipinski definition) is 3. The fourth-order valence-electron chi connectivity index (χ4n) is 0.904. The van der Waals surface area contributed by atoms with Crippen LogP contribution in [-0.2, 0) is 14.4 Å². The Kier molecular flexibility index (Phi) is 4.77. The van der Waals surface area contributed by atoms with Crippen molar-refractivity contribution in [2.45, 2.75) is 26.8 Å². The minimum absolute atomic E-state index is 0.299. The Morgan fingerprint density at radius 3 is 1.73 bits per heavy atom. The molecule has 0 spiro atoms. The summed E-state index contributed by atoms with van der Waals surface area (Å²) in [6.45, 7) is 4.46. The molecule has 0 fully saturated rings. The van der Waals surface area contributed by atoms with Gasteiger partial charge in [0.25, 0.3) is 0 Å². The van der Waals surface area contributed by atoms with Gasteiger partial charge in [-0.05, 0) is 12.8 Å². The van der Waals surface area contributed by atoms with Crippen molar-refractivity contribution in [3.05, 3.63) is 0 Å². The van der Waals surface area contributed by atoms with Gasteiger partial charge >= 0.3 is 11.9 Å². The zero-order valence-corrected chi connectivity index (χ0v) is 8.85. The third-order valence-electron chi connectivity index (χ3n) is 1.99. The molecule has 0 aliphatic rings. The van der Waals surface area contributed by atoms with Crippen molar-refractivity contribution in [3.8, 4) is 0 Å². The van der Waals surface area contributed by atoms with E-state index in [1.165, 1.54) is 6.92 Å². The first-order chi connectivity index (χ1) is 6.77. The highest BCUT2D eigenvalue weighted by Crippen LogP contribution is 2.04. The number of rotatable bonds is 5.